The average molecular weight is 428 g/mol. The Labute approximate surface area is 184 Å². The molecule has 2 amide bonds. The molecule has 1 saturated carbocycles. The van der Waals surface area contributed by atoms with Gasteiger partial charge in [0.15, 0.2) is 11.5 Å². The van der Waals surface area contributed by atoms with Gasteiger partial charge >= 0.3 is 0 Å². The van der Waals surface area contributed by atoms with Gasteiger partial charge < -0.3 is 4.57 Å². The molecule has 162 valence electrons. The van der Waals surface area contributed by atoms with E-state index in [1.807, 2.05) is 0 Å². The fourth-order valence-corrected chi connectivity index (χ4v) is 5.31. The van der Waals surface area contributed by atoms with Crippen LogP contribution in [0, 0.1) is 13.8 Å². The molecule has 4 heterocycles. The number of carbonyl (C=O) groups is 2. The second-order valence-electron chi connectivity index (χ2n) is 8.85. The molecule has 0 radical (unpaired) electrons. The Bertz CT molecular complexity index is 1370. The van der Waals surface area contributed by atoms with Crippen LogP contribution < -0.4 is 0 Å². The summed E-state index contributed by atoms with van der Waals surface area (Å²) in [7, 11) is 0. The number of hydrogen-bond donors (Lipinski definition) is 0. The van der Waals surface area contributed by atoms with Crippen molar-refractivity contribution in [1.29, 1.82) is 0 Å². The van der Waals surface area contributed by atoms with Crippen molar-refractivity contribution in [3.05, 3.63) is 58.8 Å². The van der Waals surface area contributed by atoms with E-state index in [4.69, 9.17) is 9.97 Å². The van der Waals surface area contributed by atoms with E-state index in [0.29, 0.717) is 23.0 Å². The molecule has 3 aromatic heterocycles. The van der Waals surface area contributed by atoms with Crippen LogP contribution in [0.1, 0.15) is 75.9 Å². The fourth-order valence-electron chi connectivity index (χ4n) is 5.31. The predicted octanol–water partition coefficient (Wildman–Crippen LogP) is 4.00. The van der Waals surface area contributed by atoms with Gasteiger partial charge in [-0.1, -0.05) is 31.4 Å². The molecule has 32 heavy (non-hydrogen) atoms. The van der Waals surface area contributed by atoms with Gasteiger partial charge in [0.1, 0.15) is 12.0 Å². The van der Waals surface area contributed by atoms with Crippen molar-refractivity contribution < 1.29 is 9.59 Å². The summed E-state index contributed by atoms with van der Waals surface area (Å²) in [6.07, 6.45) is 7.84. The Morgan fingerprint density at radius 3 is 2.34 bits per heavy atom. The number of carbonyl (C=O) groups excluding carboxylic acids is 2. The minimum Gasteiger partial charge on any atom is -0.326 e. The highest BCUT2D eigenvalue weighted by molar-refractivity contribution is 6.21. The van der Waals surface area contributed by atoms with Gasteiger partial charge in [-0.3, -0.25) is 14.5 Å². The van der Waals surface area contributed by atoms with Crippen LogP contribution in [0.25, 0.3) is 16.7 Å². The zero-order chi connectivity index (χ0) is 22.0. The van der Waals surface area contributed by atoms with E-state index in [0.717, 1.165) is 22.2 Å². The van der Waals surface area contributed by atoms with Gasteiger partial charge in [0.05, 0.1) is 23.1 Å². The lowest BCUT2D eigenvalue weighted by Crippen LogP contribution is -2.29. The summed E-state index contributed by atoms with van der Waals surface area (Å²) in [6.45, 7) is 4.30. The van der Waals surface area contributed by atoms with Crippen LogP contribution in [0.5, 0.6) is 0 Å². The molecular formula is C24H24N6O2. The van der Waals surface area contributed by atoms with Gasteiger partial charge in [-0.25, -0.2) is 14.5 Å². The van der Waals surface area contributed by atoms with Crippen molar-refractivity contribution in [2.45, 2.75) is 58.5 Å². The third kappa shape index (κ3) is 2.65. The minimum absolute atomic E-state index is 0.0386. The quantitative estimate of drug-likeness (QED) is 0.461. The standard InChI is InChI=1S/C24H24N6O2/c1-14-15(2)30(16-8-4-3-5-9-16)21-20(14)22-26-19(27-29(22)13-25-21)12-28-23(31)17-10-6-7-11-18(17)24(28)32/h6-7,10-11,13,16H,3-5,8-9,12H2,1-2H3. The Kier molecular flexibility index (Phi) is 4.18. The number of hydrogen-bond acceptors (Lipinski definition) is 5. The first-order chi connectivity index (χ1) is 15.5. The van der Waals surface area contributed by atoms with Crippen LogP contribution in [0.15, 0.2) is 30.6 Å². The summed E-state index contributed by atoms with van der Waals surface area (Å²) in [5.74, 6) is -0.178. The summed E-state index contributed by atoms with van der Waals surface area (Å²) < 4.78 is 4.04. The Hall–Kier alpha value is -3.55. The second kappa shape index (κ2) is 6.98. The lowest BCUT2D eigenvalue weighted by atomic mass is 9.95. The van der Waals surface area contributed by atoms with E-state index in [1.165, 1.54) is 42.7 Å². The third-order valence-electron chi connectivity index (χ3n) is 7.04. The van der Waals surface area contributed by atoms with E-state index >= 15 is 0 Å². The second-order valence-corrected chi connectivity index (χ2v) is 8.85. The first-order valence-electron chi connectivity index (χ1n) is 11.2. The maximum Gasteiger partial charge on any atom is 0.261 e. The maximum absolute atomic E-state index is 12.7. The number of amides is 2. The summed E-state index contributed by atoms with van der Waals surface area (Å²) in [4.78, 5) is 36.2. The van der Waals surface area contributed by atoms with Crippen LogP contribution in [0.2, 0.25) is 0 Å². The van der Waals surface area contributed by atoms with Crippen LogP contribution in [-0.2, 0) is 6.54 Å². The molecule has 0 unspecified atom stereocenters. The number of aryl methyl sites for hydroxylation is 1. The van der Waals surface area contributed by atoms with Gasteiger partial charge in [-0.15, -0.1) is 5.10 Å². The topological polar surface area (TPSA) is 85.4 Å². The summed E-state index contributed by atoms with van der Waals surface area (Å²) in [6, 6.07) is 7.36. The molecule has 0 spiro atoms. The average Bonchev–Trinajstić information content (AvgIpc) is 3.42. The van der Waals surface area contributed by atoms with Crippen molar-refractivity contribution >= 4 is 28.5 Å². The molecule has 0 N–H and O–H groups in total. The third-order valence-corrected chi connectivity index (χ3v) is 7.04. The zero-order valence-electron chi connectivity index (χ0n) is 18.2. The van der Waals surface area contributed by atoms with E-state index in [9.17, 15) is 9.59 Å². The first-order valence-corrected chi connectivity index (χ1v) is 11.2. The van der Waals surface area contributed by atoms with E-state index in [-0.39, 0.29) is 18.4 Å². The summed E-state index contributed by atoms with van der Waals surface area (Å²) >= 11 is 0. The number of imide groups is 1. The Morgan fingerprint density at radius 1 is 0.969 bits per heavy atom. The SMILES string of the molecule is Cc1c(C)n(C2CCCCC2)c2ncn3nc(CN4C(=O)c5ccccc5C4=O)nc3c12. The van der Waals surface area contributed by atoms with E-state index in [2.05, 4.69) is 23.5 Å². The minimum atomic E-state index is -0.303. The molecule has 8 nitrogen and oxygen atoms in total. The highest BCUT2D eigenvalue weighted by atomic mass is 16.2. The first kappa shape index (κ1) is 19.2. The van der Waals surface area contributed by atoms with Gasteiger partial charge in [-0.2, -0.15) is 0 Å². The lowest BCUT2D eigenvalue weighted by molar-refractivity contribution is 0.0638. The molecule has 0 bridgehead atoms. The lowest BCUT2D eigenvalue weighted by Gasteiger charge is -2.25. The van der Waals surface area contributed by atoms with E-state index in [1.54, 1.807) is 35.1 Å². The molecule has 0 saturated heterocycles. The summed E-state index contributed by atoms with van der Waals surface area (Å²) in [5, 5.41) is 5.54. The molecular weight excluding hydrogens is 404 g/mol. The molecule has 2 aliphatic rings. The van der Waals surface area contributed by atoms with E-state index < -0.39 is 0 Å². The fraction of sp³-hybridized carbons (Fsp3) is 0.375. The number of benzene rings is 1. The van der Waals surface area contributed by atoms with Crippen LogP contribution in [0.4, 0.5) is 0 Å². The zero-order valence-corrected chi connectivity index (χ0v) is 18.2. The van der Waals surface area contributed by atoms with Crippen LogP contribution in [0.3, 0.4) is 0 Å². The molecule has 1 aromatic carbocycles. The molecule has 4 aromatic rings. The normalized spacial score (nSPS) is 17.1. The maximum atomic E-state index is 12.7. The number of aromatic nitrogens is 5. The highest BCUT2D eigenvalue weighted by Gasteiger charge is 2.36. The molecule has 1 aliphatic carbocycles. The monoisotopic (exact) mass is 428 g/mol. The number of fused-ring (bicyclic) bond motifs is 4. The predicted molar refractivity (Wildman–Crippen MR) is 119 cm³/mol. The summed E-state index contributed by atoms with van der Waals surface area (Å²) in [5.41, 5.74) is 4.90. The number of rotatable bonds is 3. The highest BCUT2D eigenvalue weighted by Crippen LogP contribution is 2.36. The van der Waals surface area contributed by atoms with Gasteiger partial charge in [0, 0.05) is 11.7 Å². The molecule has 1 fully saturated rings. The van der Waals surface area contributed by atoms with Gasteiger partial charge in [-0.05, 0) is 44.4 Å². The Morgan fingerprint density at radius 2 is 1.66 bits per heavy atom. The van der Waals surface area contributed by atoms with Gasteiger partial charge in [0.2, 0.25) is 0 Å². The molecule has 1 aliphatic heterocycles. The van der Waals surface area contributed by atoms with Crippen LogP contribution >= 0.6 is 0 Å². The van der Waals surface area contributed by atoms with Crippen LogP contribution in [-0.4, -0.2) is 40.9 Å². The van der Waals surface area contributed by atoms with Crippen molar-refractivity contribution in [3.63, 3.8) is 0 Å². The van der Waals surface area contributed by atoms with Crippen molar-refractivity contribution in [2.75, 3.05) is 0 Å². The smallest absolute Gasteiger partial charge is 0.261 e. The van der Waals surface area contributed by atoms with Crippen molar-refractivity contribution in [3.8, 4) is 0 Å². The largest absolute Gasteiger partial charge is 0.326 e. The Balaban J connectivity index is 1.41. The van der Waals surface area contributed by atoms with Crippen molar-refractivity contribution in [2.24, 2.45) is 0 Å². The molecule has 8 heteroatoms. The number of nitrogens with zero attached hydrogens (tertiary/aromatic N) is 6. The van der Waals surface area contributed by atoms with Crippen molar-refractivity contribution in [1.82, 2.24) is 29.0 Å². The molecule has 0 atom stereocenters. The van der Waals surface area contributed by atoms with Gasteiger partial charge in [0.25, 0.3) is 11.8 Å². The molecule has 6 rings (SSSR count).